The monoisotopic (exact) mass is 516 g/mol. The zero-order valence-electron chi connectivity index (χ0n) is 23.8. The van der Waals surface area contributed by atoms with Gasteiger partial charge in [-0.1, -0.05) is 63.5 Å². The highest BCUT2D eigenvalue weighted by molar-refractivity contribution is 5.79. The summed E-state index contributed by atoms with van der Waals surface area (Å²) in [5, 5.41) is 0. The maximum atomic E-state index is 14.0. The lowest BCUT2D eigenvalue weighted by molar-refractivity contribution is -0.141. The highest BCUT2D eigenvalue weighted by atomic mass is 16.2. The van der Waals surface area contributed by atoms with Crippen LogP contribution in [-0.2, 0) is 17.9 Å². The van der Waals surface area contributed by atoms with E-state index in [1.165, 1.54) is 44.1 Å². The van der Waals surface area contributed by atoms with Crippen LogP contribution in [-0.4, -0.2) is 44.8 Å². The van der Waals surface area contributed by atoms with E-state index in [0.717, 1.165) is 75.3 Å². The smallest absolute Gasteiger partial charge is 0.226 e. The molecule has 5 heteroatoms. The van der Waals surface area contributed by atoms with E-state index in [9.17, 15) is 4.79 Å². The Morgan fingerprint density at radius 2 is 1.79 bits per heavy atom. The van der Waals surface area contributed by atoms with Crippen LogP contribution in [0.25, 0.3) is 0 Å². The number of carbonyl (C=O) groups is 1. The summed E-state index contributed by atoms with van der Waals surface area (Å²) in [5.41, 5.74) is 3.44. The summed E-state index contributed by atoms with van der Waals surface area (Å²) in [6.45, 7) is 8.09. The van der Waals surface area contributed by atoms with Crippen LogP contribution >= 0.6 is 0 Å². The van der Waals surface area contributed by atoms with Crippen LogP contribution in [0.1, 0.15) is 108 Å². The number of piperidine rings is 1. The number of hydrogen-bond acceptors (Lipinski definition) is 3. The van der Waals surface area contributed by atoms with Crippen molar-refractivity contribution in [3.05, 3.63) is 53.6 Å². The zero-order valence-corrected chi connectivity index (χ0v) is 23.8. The molecule has 0 radical (unpaired) electrons. The molecule has 2 heterocycles. The first-order valence-electron chi connectivity index (χ1n) is 15.2. The van der Waals surface area contributed by atoms with E-state index >= 15 is 0 Å². The molecule has 0 atom stereocenters. The molecule has 38 heavy (non-hydrogen) atoms. The van der Waals surface area contributed by atoms with Crippen LogP contribution in [0.2, 0.25) is 0 Å². The molecule has 206 valence electrons. The second-order valence-corrected chi connectivity index (χ2v) is 11.5. The molecule has 5 nitrogen and oxygen atoms in total. The molecular formula is C33H48N4O. The Labute approximate surface area is 230 Å². The molecule has 2 aromatic rings. The van der Waals surface area contributed by atoms with Gasteiger partial charge in [-0.3, -0.25) is 9.69 Å². The number of unbranched alkanes of at least 4 members (excludes halogenated alkanes) is 3. The van der Waals surface area contributed by atoms with Crippen molar-refractivity contribution in [1.29, 1.82) is 0 Å². The number of H-pyrrole nitrogens is 1. The minimum atomic E-state index is 0.194. The summed E-state index contributed by atoms with van der Waals surface area (Å²) in [4.78, 5) is 26.2. The Bertz CT molecular complexity index is 1000. The topological polar surface area (TPSA) is 52.2 Å². The number of imidazole rings is 1. The Morgan fingerprint density at radius 1 is 1.03 bits per heavy atom. The van der Waals surface area contributed by atoms with Gasteiger partial charge in [-0.2, -0.15) is 0 Å². The third kappa shape index (κ3) is 8.46. The lowest BCUT2D eigenvalue weighted by Crippen LogP contribution is -2.49. The van der Waals surface area contributed by atoms with Gasteiger partial charge in [0.05, 0.1) is 6.33 Å². The van der Waals surface area contributed by atoms with Crippen molar-refractivity contribution in [2.45, 2.75) is 110 Å². The number of amides is 1. The van der Waals surface area contributed by atoms with E-state index in [1.54, 1.807) is 6.33 Å². The molecule has 1 aliphatic heterocycles. The average molecular weight is 517 g/mol. The number of carbonyl (C=O) groups excluding carboxylic acids is 1. The summed E-state index contributed by atoms with van der Waals surface area (Å²) >= 11 is 0. The van der Waals surface area contributed by atoms with E-state index in [-0.39, 0.29) is 5.92 Å². The third-order valence-electron chi connectivity index (χ3n) is 8.56. The quantitative estimate of drug-likeness (QED) is 0.260. The number of aromatic amines is 1. The highest BCUT2D eigenvalue weighted by Crippen LogP contribution is 2.34. The molecule has 1 aliphatic carbocycles. The Balaban J connectivity index is 1.39. The van der Waals surface area contributed by atoms with E-state index < -0.39 is 0 Å². The fourth-order valence-corrected chi connectivity index (χ4v) is 6.18. The average Bonchev–Trinajstić information content (AvgIpc) is 3.46. The lowest BCUT2D eigenvalue weighted by Gasteiger charge is -2.41. The van der Waals surface area contributed by atoms with Crippen LogP contribution in [0.3, 0.4) is 0 Å². The molecule has 1 aromatic carbocycles. The first-order chi connectivity index (χ1) is 18.7. The largest absolute Gasteiger partial charge is 0.347 e. The van der Waals surface area contributed by atoms with Crippen LogP contribution in [0.4, 0.5) is 0 Å². The van der Waals surface area contributed by atoms with Gasteiger partial charge >= 0.3 is 0 Å². The van der Waals surface area contributed by atoms with Crippen molar-refractivity contribution < 1.29 is 4.79 Å². The van der Waals surface area contributed by atoms with Crippen LogP contribution < -0.4 is 0 Å². The third-order valence-corrected chi connectivity index (χ3v) is 8.56. The van der Waals surface area contributed by atoms with Gasteiger partial charge in [-0.05, 0) is 68.6 Å². The number of likely N-dealkylation sites (tertiary alicyclic amines) is 1. The SMILES string of the molecule is CCCC#Cc1ccc(CN(C(=O)C2CCC(CCCCC)CC2)C2CCN(Cc3cnc[nH]3)CC2)cc1. The molecule has 0 spiro atoms. The van der Waals surface area contributed by atoms with Gasteiger partial charge in [-0.25, -0.2) is 4.98 Å². The summed E-state index contributed by atoms with van der Waals surface area (Å²) in [6.07, 6.45) is 17.7. The normalized spacial score (nSPS) is 20.6. The number of benzene rings is 1. The number of nitrogens with zero attached hydrogens (tertiary/aromatic N) is 3. The maximum absolute atomic E-state index is 14.0. The van der Waals surface area contributed by atoms with E-state index in [1.807, 2.05) is 6.20 Å². The first-order valence-corrected chi connectivity index (χ1v) is 15.2. The fourth-order valence-electron chi connectivity index (χ4n) is 6.18. The molecule has 1 saturated carbocycles. The second-order valence-electron chi connectivity index (χ2n) is 11.5. The predicted molar refractivity (Wildman–Crippen MR) is 155 cm³/mol. The Morgan fingerprint density at radius 3 is 2.45 bits per heavy atom. The standard InChI is InChI=1S/C33H48N4O/c1-3-5-7-9-27-11-13-29(14-12-27)24-37(32-19-21-36(22-20-32)25-31-23-34-26-35-31)33(38)30-17-15-28(16-18-30)10-8-6-4-2/h11-14,23,26,28,30,32H,3-6,8,10,15-22,24-25H2,1-2H3,(H,34,35). The van der Waals surface area contributed by atoms with Gasteiger partial charge < -0.3 is 9.88 Å². The number of aromatic nitrogens is 2. The molecule has 2 aliphatic rings. The predicted octanol–water partition coefficient (Wildman–Crippen LogP) is 6.94. The Kier molecular flexibility index (Phi) is 11.3. The van der Waals surface area contributed by atoms with Crippen molar-refractivity contribution in [3.63, 3.8) is 0 Å². The van der Waals surface area contributed by atoms with Gasteiger partial charge in [0.15, 0.2) is 0 Å². The Hall–Kier alpha value is -2.58. The minimum absolute atomic E-state index is 0.194. The summed E-state index contributed by atoms with van der Waals surface area (Å²) in [5.74, 6) is 7.92. The minimum Gasteiger partial charge on any atom is -0.347 e. The fraction of sp³-hybridized carbons (Fsp3) is 0.636. The highest BCUT2D eigenvalue weighted by Gasteiger charge is 2.34. The molecule has 0 bridgehead atoms. The van der Waals surface area contributed by atoms with Crippen molar-refractivity contribution in [2.75, 3.05) is 13.1 Å². The van der Waals surface area contributed by atoms with Gasteiger partial charge in [-0.15, -0.1) is 0 Å². The van der Waals surface area contributed by atoms with Gasteiger partial charge in [0.25, 0.3) is 0 Å². The summed E-state index contributed by atoms with van der Waals surface area (Å²) < 4.78 is 0. The summed E-state index contributed by atoms with van der Waals surface area (Å²) in [6, 6.07) is 8.90. The lowest BCUT2D eigenvalue weighted by atomic mass is 9.79. The van der Waals surface area contributed by atoms with Gasteiger partial charge in [0.1, 0.15) is 0 Å². The molecule has 0 unspecified atom stereocenters. The molecule has 1 aromatic heterocycles. The number of rotatable bonds is 11. The number of hydrogen-bond donors (Lipinski definition) is 1. The molecule has 4 rings (SSSR count). The zero-order chi connectivity index (χ0) is 26.6. The second kappa shape index (κ2) is 15.1. The van der Waals surface area contributed by atoms with Crippen molar-refractivity contribution in [1.82, 2.24) is 19.8 Å². The van der Waals surface area contributed by atoms with Gasteiger partial charge in [0, 0.05) is 62.0 Å². The van der Waals surface area contributed by atoms with Crippen molar-refractivity contribution in [2.24, 2.45) is 11.8 Å². The molecule has 1 saturated heterocycles. The number of nitrogens with one attached hydrogen (secondary N) is 1. The van der Waals surface area contributed by atoms with E-state index in [0.29, 0.717) is 18.5 Å². The maximum Gasteiger partial charge on any atom is 0.226 e. The van der Waals surface area contributed by atoms with Crippen molar-refractivity contribution >= 4 is 5.91 Å². The molecular weight excluding hydrogens is 468 g/mol. The molecule has 1 amide bonds. The van der Waals surface area contributed by atoms with E-state index in [4.69, 9.17) is 0 Å². The first kappa shape index (κ1) is 28.4. The molecule has 1 N–H and O–H groups in total. The molecule has 2 fully saturated rings. The van der Waals surface area contributed by atoms with E-state index in [2.05, 4.69) is 69.7 Å². The van der Waals surface area contributed by atoms with Crippen molar-refractivity contribution in [3.8, 4) is 11.8 Å². The van der Waals surface area contributed by atoms with Crippen LogP contribution in [0, 0.1) is 23.7 Å². The van der Waals surface area contributed by atoms with Crippen LogP contribution in [0.15, 0.2) is 36.8 Å². The van der Waals surface area contributed by atoms with Gasteiger partial charge in [0.2, 0.25) is 5.91 Å². The van der Waals surface area contributed by atoms with Crippen LogP contribution in [0.5, 0.6) is 0 Å². The summed E-state index contributed by atoms with van der Waals surface area (Å²) in [7, 11) is 0.